The zero-order valence-electron chi connectivity index (χ0n) is 13.7. The molecule has 1 radical (unpaired) electrons. The first-order valence-electron chi connectivity index (χ1n) is 8.17. The molecule has 0 aliphatic heterocycles. The van der Waals surface area contributed by atoms with E-state index in [0.29, 0.717) is 0 Å². The molecule has 3 aromatic rings. The van der Waals surface area contributed by atoms with Crippen molar-refractivity contribution in [3.63, 3.8) is 0 Å². The van der Waals surface area contributed by atoms with Crippen LogP contribution in [0.4, 0.5) is 0 Å². The molecule has 0 saturated heterocycles. The van der Waals surface area contributed by atoms with Crippen LogP contribution in [0.2, 0.25) is 15.1 Å². The fraction of sp³-hybridized carbons (Fsp3) is 0.143. The first kappa shape index (κ1) is 19.1. The Bertz CT molecular complexity index is 735. The third-order valence-electron chi connectivity index (χ3n) is 4.19. The minimum absolute atomic E-state index is 0.860. The molecule has 0 N–H and O–H groups in total. The van der Waals surface area contributed by atoms with Gasteiger partial charge in [0.2, 0.25) is 0 Å². The summed E-state index contributed by atoms with van der Waals surface area (Å²) in [7, 11) is 0. The minimum atomic E-state index is -1.92. The molecule has 3 rings (SSSR count). The summed E-state index contributed by atoms with van der Waals surface area (Å²) >= 11 is 17.3. The van der Waals surface area contributed by atoms with Crippen molar-refractivity contribution in [2.75, 3.05) is 0 Å². The first-order chi connectivity index (χ1) is 12.1. The van der Waals surface area contributed by atoms with Crippen LogP contribution >= 0.6 is 34.8 Å². The Morgan fingerprint density at radius 3 is 1.04 bits per heavy atom. The van der Waals surface area contributed by atoms with Gasteiger partial charge in [0.05, 0.1) is 0 Å². The fourth-order valence-electron chi connectivity index (χ4n) is 2.92. The Kier molecular flexibility index (Phi) is 7.12. The molecule has 0 atom stereocenters. The van der Waals surface area contributed by atoms with Crippen LogP contribution < -0.4 is 0 Å². The summed E-state index contributed by atoms with van der Waals surface area (Å²) in [5.41, 5.74) is 3.74. The normalized spacial score (nSPS) is 11.0. The first-order valence-corrected chi connectivity index (χ1v) is 15.4. The number of hydrogen-bond acceptors (Lipinski definition) is 0. The van der Waals surface area contributed by atoms with E-state index in [0.717, 1.165) is 28.4 Å². The summed E-state index contributed by atoms with van der Waals surface area (Å²) < 4.78 is 3.25. The molecular formula is C21H18Cl3Sn. The van der Waals surface area contributed by atoms with E-state index >= 15 is 0 Å². The molecular weight excluding hydrogens is 477 g/mol. The van der Waals surface area contributed by atoms with Crippen molar-refractivity contribution in [3.05, 3.63) is 105 Å². The molecule has 0 amide bonds. The van der Waals surface area contributed by atoms with Crippen LogP contribution in [0.25, 0.3) is 0 Å². The van der Waals surface area contributed by atoms with Gasteiger partial charge in [-0.1, -0.05) is 0 Å². The van der Waals surface area contributed by atoms with E-state index in [9.17, 15) is 0 Å². The molecule has 0 unspecified atom stereocenters. The van der Waals surface area contributed by atoms with E-state index < -0.39 is 19.8 Å². The maximum absolute atomic E-state index is 6.42. The summed E-state index contributed by atoms with van der Waals surface area (Å²) in [6.45, 7) is 0. The van der Waals surface area contributed by atoms with Gasteiger partial charge in [0.15, 0.2) is 0 Å². The topological polar surface area (TPSA) is 0 Å². The Morgan fingerprint density at radius 1 is 0.480 bits per heavy atom. The van der Waals surface area contributed by atoms with Gasteiger partial charge in [0.1, 0.15) is 0 Å². The second kappa shape index (κ2) is 9.32. The van der Waals surface area contributed by atoms with Crippen molar-refractivity contribution < 1.29 is 0 Å². The zero-order chi connectivity index (χ0) is 17.6. The Morgan fingerprint density at radius 2 is 0.760 bits per heavy atom. The third kappa shape index (κ3) is 5.40. The molecule has 0 aromatic heterocycles. The monoisotopic (exact) mass is 495 g/mol. The second-order valence-electron chi connectivity index (χ2n) is 6.05. The van der Waals surface area contributed by atoms with E-state index in [1.807, 2.05) is 36.4 Å². The summed E-state index contributed by atoms with van der Waals surface area (Å²) in [6.07, 6.45) is 0. The van der Waals surface area contributed by atoms with Gasteiger partial charge in [-0.3, -0.25) is 0 Å². The average Bonchev–Trinajstić information content (AvgIpc) is 2.61. The Balaban J connectivity index is 1.86. The molecule has 0 aliphatic rings. The number of benzene rings is 3. The Hall–Kier alpha value is -0.671. The van der Waals surface area contributed by atoms with Crippen LogP contribution in [0, 0.1) is 0 Å². The van der Waals surface area contributed by atoms with Gasteiger partial charge < -0.3 is 0 Å². The van der Waals surface area contributed by atoms with Crippen molar-refractivity contribution in [3.8, 4) is 0 Å². The molecule has 127 valence electrons. The van der Waals surface area contributed by atoms with Crippen molar-refractivity contribution in [1.82, 2.24) is 0 Å². The molecule has 4 heteroatoms. The molecule has 25 heavy (non-hydrogen) atoms. The SMILES string of the molecule is Clc1ccccc1[CH2][Sn]([CH2]c1ccccc1Cl)[CH2]c1ccccc1Cl. The summed E-state index contributed by atoms with van der Waals surface area (Å²) in [5, 5.41) is 2.58. The molecule has 0 bridgehead atoms. The van der Waals surface area contributed by atoms with Crippen molar-refractivity contribution in [2.45, 2.75) is 13.3 Å². The van der Waals surface area contributed by atoms with Crippen molar-refractivity contribution in [2.24, 2.45) is 0 Å². The van der Waals surface area contributed by atoms with Gasteiger partial charge in [-0.2, -0.15) is 0 Å². The van der Waals surface area contributed by atoms with Crippen LogP contribution in [0.15, 0.2) is 72.8 Å². The number of hydrogen-bond donors (Lipinski definition) is 0. The maximum atomic E-state index is 6.42. The van der Waals surface area contributed by atoms with E-state index in [1.54, 1.807) is 0 Å². The quantitative estimate of drug-likeness (QED) is 0.331. The Labute approximate surface area is 171 Å². The molecule has 0 heterocycles. The van der Waals surface area contributed by atoms with Gasteiger partial charge in [0, 0.05) is 0 Å². The average molecular weight is 495 g/mol. The van der Waals surface area contributed by atoms with Gasteiger partial charge in [0.25, 0.3) is 0 Å². The van der Waals surface area contributed by atoms with Gasteiger partial charge in [-0.15, -0.1) is 0 Å². The van der Waals surface area contributed by atoms with Crippen LogP contribution in [0.1, 0.15) is 16.7 Å². The van der Waals surface area contributed by atoms with Crippen molar-refractivity contribution in [1.29, 1.82) is 0 Å². The van der Waals surface area contributed by atoms with Gasteiger partial charge in [-0.05, 0) is 0 Å². The van der Waals surface area contributed by atoms with Crippen LogP contribution in [0.5, 0.6) is 0 Å². The van der Waals surface area contributed by atoms with Crippen LogP contribution in [-0.2, 0) is 13.3 Å². The van der Waals surface area contributed by atoms with Gasteiger partial charge >= 0.3 is 172 Å². The molecule has 0 spiro atoms. The molecule has 0 nitrogen and oxygen atoms in total. The molecule has 0 fully saturated rings. The van der Waals surface area contributed by atoms with E-state index in [1.165, 1.54) is 16.7 Å². The third-order valence-corrected chi connectivity index (χ3v) is 12.8. The van der Waals surface area contributed by atoms with Crippen LogP contribution in [0.3, 0.4) is 0 Å². The fourth-order valence-corrected chi connectivity index (χ4v) is 12.8. The van der Waals surface area contributed by atoms with E-state index in [2.05, 4.69) is 36.4 Å². The van der Waals surface area contributed by atoms with Gasteiger partial charge in [-0.25, -0.2) is 0 Å². The zero-order valence-corrected chi connectivity index (χ0v) is 18.8. The second-order valence-corrected chi connectivity index (χ2v) is 14.6. The van der Waals surface area contributed by atoms with E-state index in [4.69, 9.17) is 34.8 Å². The molecule has 3 aromatic carbocycles. The molecule has 0 aliphatic carbocycles. The van der Waals surface area contributed by atoms with Crippen LogP contribution in [-0.4, -0.2) is 19.8 Å². The predicted molar refractivity (Wildman–Crippen MR) is 111 cm³/mol. The molecule has 0 saturated carbocycles. The number of rotatable bonds is 6. The summed E-state index contributed by atoms with van der Waals surface area (Å²) in [4.78, 5) is 0. The summed E-state index contributed by atoms with van der Waals surface area (Å²) in [6, 6.07) is 24.5. The predicted octanol–water partition coefficient (Wildman–Crippen LogP) is 6.79. The van der Waals surface area contributed by atoms with Crippen molar-refractivity contribution >= 4 is 54.6 Å². The number of halogens is 3. The summed E-state index contributed by atoms with van der Waals surface area (Å²) in [5.74, 6) is 0. The van der Waals surface area contributed by atoms with E-state index in [-0.39, 0.29) is 0 Å². The standard InChI is InChI=1S/3C7H6Cl.Sn/c3*1-6-4-2-3-5-7(6)8;/h3*2-5H,1H2;.